The minimum atomic E-state index is -0.498. The number of amides is 1. The van der Waals surface area contributed by atoms with Gasteiger partial charge in [-0.15, -0.1) is 0 Å². The molecule has 2 aliphatic heterocycles. The van der Waals surface area contributed by atoms with Crippen LogP contribution in [0.4, 0.5) is 4.79 Å². The number of ether oxygens (including phenoxy) is 2. The maximum Gasteiger partial charge on any atom is 0.410 e. The highest BCUT2D eigenvalue weighted by Crippen LogP contribution is 2.23. The number of carbonyl (C=O) groups excluding carboxylic acids is 2. The lowest BCUT2D eigenvalue weighted by Crippen LogP contribution is -2.44. The van der Waals surface area contributed by atoms with E-state index in [2.05, 4.69) is 29.2 Å². The molecule has 1 aromatic carbocycles. The molecule has 160 valence electrons. The van der Waals surface area contributed by atoms with Crippen molar-refractivity contribution in [1.29, 1.82) is 0 Å². The van der Waals surface area contributed by atoms with Gasteiger partial charge in [-0.3, -0.25) is 9.69 Å². The van der Waals surface area contributed by atoms with Gasteiger partial charge in [0.1, 0.15) is 11.7 Å². The Labute approximate surface area is 174 Å². The normalized spacial score (nSPS) is 19.8. The summed E-state index contributed by atoms with van der Waals surface area (Å²) in [7, 11) is 0. The molecule has 3 rings (SSSR count). The second-order valence-electron chi connectivity index (χ2n) is 9.14. The van der Waals surface area contributed by atoms with Gasteiger partial charge in [0, 0.05) is 32.7 Å². The van der Waals surface area contributed by atoms with E-state index >= 15 is 0 Å². The molecular weight excluding hydrogens is 368 g/mol. The number of nitrogens with zero attached hydrogens (tertiary/aromatic N) is 2. The van der Waals surface area contributed by atoms with Gasteiger partial charge in [-0.2, -0.15) is 0 Å². The number of piperidine rings is 2. The summed E-state index contributed by atoms with van der Waals surface area (Å²) in [6.07, 6.45) is 2.77. The zero-order chi connectivity index (χ0) is 20.9. The molecule has 0 aromatic heterocycles. The zero-order valence-electron chi connectivity index (χ0n) is 17.9. The van der Waals surface area contributed by atoms with E-state index in [4.69, 9.17) is 9.47 Å². The number of likely N-dealkylation sites (tertiary alicyclic amines) is 2. The van der Waals surface area contributed by atoms with Crippen LogP contribution in [-0.4, -0.2) is 59.7 Å². The Bertz CT molecular complexity index is 670. The number of esters is 1. The Morgan fingerprint density at radius 1 is 0.966 bits per heavy atom. The molecule has 1 amide bonds. The molecule has 2 saturated heterocycles. The SMILES string of the molecule is CC(C)(C)OC(=O)N1CCC(C(=O)OC2CCN(Cc3ccccc3)CC2)CC1. The van der Waals surface area contributed by atoms with Crippen molar-refractivity contribution in [2.75, 3.05) is 26.2 Å². The van der Waals surface area contributed by atoms with E-state index in [1.54, 1.807) is 4.90 Å². The van der Waals surface area contributed by atoms with Crippen LogP contribution in [0.3, 0.4) is 0 Å². The number of hydrogen-bond donors (Lipinski definition) is 0. The van der Waals surface area contributed by atoms with Crippen LogP contribution >= 0.6 is 0 Å². The summed E-state index contributed by atoms with van der Waals surface area (Å²) in [5.74, 6) is -0.216. The van der Waals surface area contributed by atoms with Crippen LogP contribution in [0.2, 0.25) is 0 Å². The Hall–Kier alpha value is -2.08. The lowest BCUT2D eigenvalue weighted by Gasteiger charge is -2.35. The molecule has 0 aliphatic carbocycles. The third-order valence-corrected chi connectivity index (χ3v) is 5.55. The minimum absolute atomic E-state index is 0.0124. The lowest BCUT2D eigenvalue weighted by molar-refractivity contribution is -0.158. The smallest absolute Gasteiger partial charge is 0.410 e. The number of benzene rings is 1. The minimum Gasteiger partial charge on any atom is -0.462 e. The van der Waals surface area contributed by atoms with Gasteiger partial charge in [-0.05, 0) is 52.0 Å². The second kappa shape index (κ2) is 9.61. The average Bonchev–Trinajstić information content (AvgIpc) is 2.69. The zero-order valence-corrected chi connectivity index (χ0v) is 17.9. The van der Waals surface area contributed by atoms with Crippen molar-refractivity contribution in [3.05, 3.63) is 35.9 Å². The van der Waals surface area contributed by atoms with Crippen molar-refractivity contribution in [2.45, 2.75) is 64.7 Å². The summed E-state index contributed by atoms with van der Waals surface area (Å²) in [4.78, 5) is 28.8. The van der Waals surface area contributed by atoms with Crippen LogP contribution in [0, 0.1) is 5.92 Å². The van der Waals surface area contributed by atoms with Gasteiger partial charge < -0.3 is 14.4 Å². The standard InChI is InChI=1S/C23H34N2O4/c1-23(2,3)29-22(27)25-15-9-19(10-16-25)21(26)28-20-11-13-24(14-12-20)17-18-7-5-4-6-8-18/h4-8,19-20H,9-17H2,1-3H3. The van der Waals surface area contributed by atoms with Gasteiger partial charge in [-0.1, -0.05) is 30.3 Å². The molecule has 0 bridgehead atoms. The summed E-state index contributed by atoms with van der Waals surface area (Å²) in [5, 5.41) is 0. The second-order valence-corrected chi connectivity index (χ2v) is 9.14. The summed E-state index contributed by atoms with van der Waals surface area (Å²) < 4.78 is 11.2. The van der Waals surface area contributed by atoms with Crippen LogP contribution < -0.4 is 0 Å². The van der Waals surface area contributed by atoms with Gasteiger partial charge in [0.25, 0.3) is 0 Å². The fourth-order valence-electron chi connectivity index (χ4n) is 3.91. The van der Waals surface area contributed by atoms with E-state index in [0.29, 0.717) is 25.9 Å². The fourth-order valence-corrected chi connectivity index (χ4v) is 3.91. The van der Waals surface area contributed by atoms with Crippen molar-refractivity contribution in [1.82, 2.24) is 9.80 Å². The molecule has 2 fully saturated rings. The molecule has 6 nitrogen and oxygen atoms in total. The molecule has 0 radical (unpaired) electrons. The molecular formula is C23H34N2O4. The van der Waals surface area contributed by atoms with Crippen molar-refractivity contribution >= 4 is 12.1 Å². The van der Waals surface area contributed by atoms with Crippen LogP contribution in [0.15, 0.2) is 30.3 Å². The van der Waals surface area contributed by atoms with Gasteiger partial charge >= 0.3 is 12.1 Å². The topological polar surface area (TPSA) is 59.1 Å². The Kier molecular flexibility index (Phi) is 7.17. The maximum atomic E-state index is 12.6. The van der Waals surface area contributed by atoms with Gasteiger partial charge in [-0.25, -0.2) is 4.79 Å². The predicted octanol–water partition coefficient (Wildman–Crippen LogP) is 3.84. The Balaban J connectivity index is 1.37. The highest BCUT2D eigenvalue weighted by atomic mass is 16.6. The summed E-state index contributed by atoms with van der Waals surface area (Å²) >= 11 is 0. The van der Waals surface area contributed by atoms with E-state index in [-0.39, 0.29) is 24.1 Å². The van der Waals surface area contributed by atoms with E-state index in [9.17, 15) is 9.59 Å². The van der Waals surface area contributed by atoms with Gasteiger partial charge in [0.2, 0.25) is 0 Å². The number of carbonyl (C=O) groups is 2. The first-order valence-electron chi connectivity index (χ1n) is 10.7. The van der Waals surface area contributed by atoms with E-state index in [0.717, 1.165) is 32.5 Å². The monoisotopic (exact) mass is 402 g/mol. The molecule has 0 spiro atoms. The first-order chi connectivity index (χ1) is 13.8. The summed E-state index contributed by atoms with van der Waals surface area (Å²) in [6, 6.07) is 10.5. The van der Waals surface area contributed by atoms with E-state index in [1.807, 2.05) is 26.8 Å². The average molecular weight is 403 g/mol. The molecule has 0 atom stereocenters. The lowest BCUT2D eigenvalue weighted by atomic mass is 9.97. The van der Waals surface area contributed by atoms with Crippen molar-refractivity contribution in [3.63, 3.8) is 0 Å². The summed E-state index contributed by atoms with van der Waals surface area (Å²) in [6.45, 7) is 9.52. The quantitative estimate of drug-likeness (QED) is 0.716. The number of rotatable bonds is 4. The molecule has 2 heterocycles. The third-order valence-electron chi connectivity index (χ3n) is 5.55. The predicted molar refractivity (Wildman–Crippen MR) is 111 cm³/mol. The molecule has 0 saturated carbocycles. The largest absolute Gasteiger partial charge is 0.462 e. The van der Waals surface area contributed by atoms with Crippen molar-refractivity contribution in [2.24, 2.45) is 5.92 Å². The molecule has 2 aliphatic rings. The Morgan fingerprint density at radius 3 is 2.17 bits per heavy atom. The van der Waals surface area contributed by atoms with E-state index in [1.165, 1.54) is 5.56 Å². The third kappa shape index (κ3) is 6.74. The molecule has 0 N–H and O–H groups in total. The van der Waals surface area contributed by atoms with Crippen LogP contribution in [0.5, 0.6) is 0 Å². The maximum absolute atomic E-state index is 12.6. The van der Waals surface area contributed by atoms with Crippen LogP contribution in [0.25, 0.3) is 0 Å². The summed E-state index contributed by atoms with van der Waals surface area (Å²) in [5.41, 5.74) is 0.821. The van der Waals surface area contributed by atoms with Crippen molar-refractivity contribution in [3.8, 4) is 0 Å². The first-order valence-corrected chi connectivity index (χ1v) is 10.7. The molecule has 0 unspecified atom stereocenters. The molecule has 29 heavy (non-hydrogen) atoms. The molecule has 1 aromatic rings. The first kappa shape index (κ1) is 21.6. The fraction of sp³-hybridized carbons (Fsp3) is 0.652. The van der Waals surface area contributed by atoms with Crippen LogP contribution in [0.1, 0.15) is 52.0 Å². The van der Waals surface area contributed by atoms with Crippen molar-refractivity contribution < 1.29 is 19.1 Å². The van der Waals surface area contributed by atoms with Gasteiger partial charge in [0.15, 0.2) is 0 Å². The van der Waals surface area contributed by atoms with E-state index < -0.39 is 5.60 Å². The van der Waals surface area contributed by atoms with Crippen LogP contribution in [-0.2, 0) is 20.8 Å². The highest BCUT2D eigenvalue weighted by molar-refractivity contribution is 5.74. The number of hydrogen-bond acceptors (Lipinski definition) is 5. The highest BCUT2D eigenvalue weighted by Gasteiger charge is 2.32. The van der Waals surface area contributed by atoms with Gasteiger partial charge in [0.05, 0.1) is 5.92 Å². The Morgan fingerprint density at radius 2 is 1.59 bits per heavy atom. The molecule has 6 heteroatoms.